The van der Waals surface area contributed by atoms with E-state index in [-0.39, 0.29) is 11.4 Å². The molecule has 0 atom stereocenters. The van der Waals surface area contributed by atoms with Crippen LogP contribution >= 0.6 is 0 Å². The van der Waals surface area contributed by atoms with E-state index in [0.717, 1.165) is 31.7 Å². The van der Waals surface area contributed by atoms with Gasteiger partial charge in [-0.25, -0.2) is 4.39 Å². The van der Waals surface area contributed by atoms with Gasteiger partial charge in [0.25, 0.3) is 0 Å². The maximum atomic E-state index is 13.4. The summed E-state index contributed by atoms with van der Waals surface area (Å²) in [7, 11) is 1.50. The summed E-state index contributed by atoms with van der Waals surface area (Å²) in [6, 6.07) is 5.06. The first-order valence-corrected chi connectivity index (χ1v) is 6.35. The van der Waals surface area contributed by atoms with E-state index >= 15 is 0 Å². The fourth-order valence-corrected chi connectivity index (χ4v) is 2.37. The van der Waals surface area contributed by atoms with Crippen LogP contribution in [0.4, 0.5) is 10.1 Å². The maximum Gasteiger partial charge on any atom is 0.165 e. The van der Waals surface area contributed by atoms with Crippen LogP contribution in [0.25, 0.3) is 0 Å². The molecule has 3 nitrogen and oxygen atoms in total. The predicted octanol–water partition coefficient (Wildman–Crippen LogP) is 2.41. The van der Waals surface area contributed by atoms with E-state index in [4.69, 9.17) is 4.74 Å². The number of halogens is 1. The molecule has 0 aliphatic carbocycles. The quantitative estimate of drug-likeness (QED) is 0.875. The van der Waals surface area contributed by atoms with Gasteiger partial charge in [-0.2, -0.15) is 0 Å². The molecule has 4 heteroatoms. The lowest BCUT2D eigenvalue weighted by Gasteiger charge is -2.31. The van der Waals surface area contributed by atoms with E-state index in [1.54, 1.807) is 6.07 Å². The first-order valence-electron chi connectivity index (χ1n) is 6.35. The van der Waals surface area contributed by atoms with Crippen LogP contribution in [0, 0.1) is 5.82 Å². The van der Waals surface area contributed by atoms with Gasteiger partial charge in [0.1, 0.15) is 0 Å². The van der Waals surface area contributed by atoms with Gasteiger partial charge < -0.3 is 15.0 Å². The summed E-state index contributed by atoms with van der Waals surface area (Å²) in [5.74, 6) is -0.00373. The number of ether oxygens (including phenoxy) is 1. The van der Waals surface area contributed by atoms with Crippen LogP contribution in [-0.4, -0.2) is 32.3 Å². The van der Waals surface area contributed by atoms with Crippen molar-refractivity contribution in [3.05, 3.63) is 24.0 Å². The minimum atomic E-state index is -0.312. The van der Waals surface area contributed by atoms with Crippen molar-refractivity contribution in [1.82, 2.24) is 5.32 Å². The van der Waals surface area contributed by atoms with Crippen molar-refractivity contribution < 1.29 is 9.13 Å². The Balaban J connectivity index is 2.24. The van der Waals surface area contributed by atoms with E-state index in [2.05, 4.69) is 24.1 Å². The normalized spacial score (nSPS) is 19.4. The molecule has 1 aromatic carbocycles. The third kappa shape index (κ3) is 2.93. The van der Waals surface area contributed by atoms with Crippen molar-refractivity contribution in [2.75, 3.05) is 31.6 Å². The standard InChI is InChI=1S/C14H21FN2O/c1-14(2)10-17(8-4-7-16-14)11-5-6-12(15)13(9-11)18-3/h5-6,9,16H,4,7-8,10H2,1-3H3. The van der Waals surface area contributed by atoms with Crippen LogP contribution in [0.1, 0.15) is 20.3 Å². The number of rotatable bonds is 2. The Labute approximate surface area is 108 Å². The molecule has 2 rings (SSSR count). The number of anilines is 1. The molecular formula is C14H21FN2O. The second-order valence-electron chi connectivity index (χ2n) is 5.40. The molecule has 0 unspecified atom stereocenters. The van der Waals surface area contributed by atoms with Crippen LogP contribution in [0.3, 0.4) is 0 Å². The van der Waals surface area contributed by atoms with Crippen LogP contribution in [0.2, 0.25) is 0 Å². The number of hydrogen-bond donors (Lipinski definition) is 1. The van der Waals surface area contributed by atoms with Gasteiger partial charge in [0.15, 0.2) is 11.6 Å². The van der Waals surface area contributed by atoms with Gasteiger partial charge in [-0.05, 0) is 38.9 Å². The Morgan fingerprint density at radius 1 is 1.39 bits per heavy atom. The molecule has 1 aliphatic heterocycles. The molecule has 0 amide bonds. The van der Waals surface area contributed by atoms with E-state index < -0.39 is 0 Å². The number of nitrogens with zero attached hydrogens (tertiary/aromatic N) is 1. The summed E-state index contributed by atoms with van der Waals surface area (Å²) in [4.78, 5) is 2.28. The molecule has 0 spiro atoms. The molecule has 0 bridgehead atoms. The summed E-state index contributed by atoms with van der Waals surface area (Å²) in [5, 5.41) is 3.51. The molecule has 0 radical (unpaired) electrons. The molecule has 1 aromatic rings. The molecule has 1 fully saturated rings. The third-order valence-electron chi connectivity index (χ3n) is 3.29. The highest BCUT2D eigenvalue weighted by atomic mass is 19.1. The van der Waals surface area contributed by atoms with Gasteiger partial charge in [-0.1, -0.05) is 0 Å². The fourth-order valence-electron chi connectivity index (χ4n) is 2.37. The van der Waals surface area contributed by atoms with Gasteiger partial charge in [0, 0.05) is 30.4 Å². The number of methoxy groups -OCH3 is 1. The minimum Gasteiger partial charge on any atom is -0.494 e. The van der Waals surface area contributed by atoms with Crippen LogP contribution in [-0.2, 0) is 0 Å². The number of benzene rings is 1. The highest BCUT2D eigenvalue weighted by Gasteiger charge is 2.24. The Morgan fingerprint density at radius 2 is 2.17 bits per heavy atom. The average Bonchev–Trinajstić information content (AvgIpc) is 2.51. The second kappa shape index (κ2) is 5.14. The first-order chi connectivity index (χ1) is 8.52. The summed E-state index contributed by atoms with van der Waals surface area (Å²) in [5.41, 5.74) is 1.09. The van der Waals surface area contributed by atoms with Gasteiger partial charge >= 0.3 is 0 Å². The summed E-state index contributed by atoms with van der Waals surface area (Å²) in [6.07, 6.45) is 1.09. The average molecular weight is 252 g/mol. The molecule has 18 heavy (non-hydrogen) atoms. The van der Waals surface area contributed by atoms with Crippen molar-refractivity contribution in [2.24, 2.45) is 0 Å². The lowest BCUT2D eigenvalue weighted by molar-refractivity contribution is 0.386. The van der Waals surface area contributed by atoms with Gasteiger partial charge in [-0.15, -0.1) is 0 Å². The summed E-state index contributed by atoms with van der Waals surface area (Å²) >= 11 is 0. The van der Waals surface area contributed by atoms with Gasteiger partial charge in [-0.3, -0.25) is 0 Å². The second-order valence-corrected chi connectivity index (χ2v) is 5.40. The molecule has 1 aliphatic rings. The Hall–Kier alpha value is -1.29. The van der Waals surface area contributed by atoms with Gasteiger partial charge in [0.2, 0.25) is 0 Å². The van der Waals surface area contributed by atoms with Crippen molar-refractivity contribution in [3.8, 4) is 5.75 Å². The van der Waals surface area contributed by atoms with E-state index in [9.17, 15) is 4.39 Å². The zero-order chi connectivity index (χ0) is 13.2. The Kier molecular flexibility index (Phi) is 3.76. The predicted molar refractivity (Wildman–Crippen MR) is 71.9 cm³/mol. The monoisotopic (exact) mass is 252 g/mol. The highest BCUT2D eigenvalue weighted by molar-refractivity contribution is 5.51. The lowest BCUT2D eigenvalue weighted by atomic mass is 10.1. The van der Waals surface area contributed by atoms with E-state index in [0.29, 0.717) is 5.75 Å². The molecular weight excluding hydrogens is 231 g/mol. The van der Waals surface area contributed by atoms with Crippen LogP contribution in [0.5, 0.6) is 5.75 Å². The summed E-state index contributed by atoms with van der Waals surface area (Å²) < 4.78 is 18.5. The van der Waals surface area contributed by atoms with Crippen LogP contribution < -0.4 is 15.0 Å². The molecule has 0 saturated carbocycles. The Bertz CT molecular complexity index is 420. The molecule has 1 heterocycles. The SMILES string of the molecule is COc1cc(N2CCCNC(C)(C)C2)ccc1F. The Morgan fingerprint density at radius 3 is 2.89 bits per heavy atom. The van der Waals surface area contributed by atoms with E-state index in [1.165, 1.54) is 13.2 Å². The molecule has 1 N–H and O–H groups in total. The van der Waals surface area contributed by atoms with Crippen molar-refractivity contribution in [3.63, 3.8) is 0 Å². The summed E-state index contributed by atoms with van der Waals surface area (Å²) in [6.45, 7) is 7.27. The zero-order valence-corrected chi connectivity index (χ0v) is 11.3. The van der Waals surface area contributed by atoms with E-state index in [1.807, 2.05) is 6.07 Å². The zero-order valence-electron chi connectivity index (χ0n) is 11.3. The van der Waals surface area contributed by atoms with Crippen molar-refractivity contribution in [2.45, 2.75) is 25.8 Å². The molecule has 0 aromatic heterocycles. The largest absolute Gasteiger partial charge is 0.494 e. The van der Waals surface area contributed by atoms with Gasteiger partial charge in [0.05, 0.1) is 7.11 Å². The first kappa shape index (κ1) is 13.1. The molecule has 1 saturated heterocycles. The number of nitrogens with one attached hydrogen (secondary N) is 1. The van der Waals surface area contributed by atoms with Crippen molar-refractivity contribution in [1.29, 1.82) is 0 Å². The topological polar surface area (TPSA) is 24.5 Å². The van der Waals surface area contributed by atoms with Crippen molar-refractivity contribution >= 4 is 5.69 Å². The lowest BCUT2D eigenvalue weighted by Crippen LogP contribution is -2.46. The highest BCUT2D eigenvalue weighted by Crippen LogP contribution is 2.26. The third-order valence-corrected chi connectivity index (χ3v) is 3.29. The van der Waals surface area contributed by atoms with Crippen LogP contribution in [0.15, 0.2) is 18.2 Å². The fraction of sp³-hybridized carbons (Fsp3) is 0.571. The minimum absolute atomic E-state index is 0.0676. The maximum absolute atomic E-state index is 13.4. The smallest absolute Gasteiger partial charge is 0.165 e. The number of hydrogen-bond acceptors (Lipinski definition) is 3. The molecule has 100 valence electrons.